The molecule has 0 amide bonds. The van der Waals surface area contributed by atoms with Gasteiger partial charge in [0.1, 0.15) is 0 Å². The van der Waals surface area contributed by atoms with E-state index in [2.05, 4.69) is 41.3 Å². The quantitative estimate of drug-likeness (QED) is 0.350. The highest BCUT2D eigenvalue weighted by Gasteiger charge is 2.23. The van der Waals surface area contributed by atoms with Crippen LogP contribution in [0, 0.1) is 6.92 Å². The number of alkyl halides is 1. The van der Waals surface area contributed by atoms with Crippen molar-refractivity contribution in [1.82, 2.24) is 4.90 Å². The summed E-state index contributed by atoms with van der Waals surface area (Å²) in [7, 11) is 0. The third-order valence-electron chi connectivity index (χ3n) is 7.34. The second-order valence-corrected chi connectivity index (χ2v) is 10.4. The van der Waals surface area contributed by atoms with Crippen LogP contribution in [0.1, 0.15) is 63.0 Å². The number of benzene rings is 3. The van der Waals surface area contributed by atoms with E-state index in [0.29, 0.717) is 12.0 Å². The van der Waals surface area contributed by atoms with E-state index in [1.807, 2.05) is 31.2 Å². The Morgan fingerprint density at radius 3 is 2.57 bits per heavy atom. The van der Waals surface area contributed by atoms with Crippen LogP contribution >= 0.6 is 11.6 Å². The van der Waals surface area contributed by atoms with Gasteiger partial charge in [0.25, 0.3) is 0 Å². The number of likely N-dealkylation sites (tertiary alicyclic amines) is 1. The minimum Gasteiger partial charge on any atom is -0.478 e. The molecule has 1 heterocycles. The first-order valence-corrected chi connectivity index (χ1v) is 13.3. The van der Waals surface area contributed by atoms with E-state index in [4.69, 9.17) is 11.6 Å². The van der Waals surface area contributed by atoms with E-state index in [9.17, 15) is 14.3 Å². The number of fused-ring (bicyclic) bond motifs is 1. The molecular weight excluding hydrogens is 485 g/mol. The molecule has 1 aliphatic heterocycles. The number of carboxylic acid groups (broad SMARTS) is 1. The lowest BCUT2D eigenvalue weighted by molar-refractivity contribution is 0.0696. The van der Waals surface area contributed by atoms with Crippen LogP contribution in [0.2, 0.25) is 5.02 Å². The summed E-state index contributed by atoms with van der Waals surface area (Å²) in [5.41, 5.74) is 10.5. The Balaban J connectivity index is 1.56. The lowest BCUT2D eigenvalue weighted by atomic mass is 9.86. The molecule has 190 valence electrons. The second kappa shape index (κ2) is 11.0. The van der Waals surface area contributed by atoms with Gasteiger partial charge in [-0.15, -0.1) is 0 Å². The van der Waals surface area contributed by atoms with Crippen molar-refractivity contribution >= 4 is 34.8 Å². The van der Waals surface area contributed by atoms with E-state index >= 15 is 0 Å². The van der Waals surface area contributed by atoms with Crippen LogP contribution in [-0.4, -0.2) is 42.3 Å². The molecule has 1 aliphatic carbocycles. The maximum Gasteiger partial charge on any atom is 0.335 e. The van der Waals surface area contributed by atoms with Gasteiger partial charge in [-0.3, -0.25) is 9.29 Å². The molecule has 0 spiro atoms. The summed E-state index contributed by atoms with van der Waals surface area (Å²) in [5.74, 6) is -0.906. The molecule has 3 aromatic carbocycles. The monoisotopic (exact) mass is 515 g/mol. The number of hydrogen-bond acceptors (Lipinski definition) is 2. The van der Waals surface area contributed by atoms with Gasteiger partial charge >= 0.3 is 5.97 Å². The standard InChI is InChI=1S/C32H31ClFNO2/c1-21-5-2-8-29(31(21)33)28-7-3-6-25-18-26(32(36)37)13-14-27(25)30(28)24-11-9-22(10-12-24)17-23-19-35(20-23)16-4-15-34/h2,5,8-14,17-18H,3-4,6-7,15-16,19-20H2,1H3,(H,36,37). The average Bonchev–Trinajstić information content (AvgIpc) is 3.06. The molecule has 0 saturated carbocycles. The minimum atomic E-state index is -0.906. The molecule has 37 heavy (non-hydrogen) atoms. The van der Waals surface area contributed by atoms with Gasteiger partial charge in [0.2, 0.25) is 0 Å². The number of carbonyl (C=O) groups is 1. The number of hydrogen-bond donors (Lipinski definition) is 1. The molecular formula is C32H31ClFNO2. The van der Waals surface area contributed by atoms with E-state index in [1.54, 1.807) is 6.07 Å². The molecule has 1 fully saturated rings. The van der Waals surface area contributed by atoms with Gasteiger partial charge in [-0.2, -0.15) is 0 Å². The van der Waals surface area contributed by atoms with E-state index < -0.39 is 5.97 Å². The highest BCUT2D eigenvalue weighted by Crippen LogP contribution is 2.42. The molecule has 5 heteroatoms. The second-order valence-electron chi connectivity index (χ2n) is 10.00. The van der Waals surface area contributed by atoms with E-state index in [-0.39, 0.29) is 6.67 Å². The number of allylic oxidation sites excluding steroid dienone is 1. The highest BCUT2D eigenvalue weighted by molar-refractivity contribution is 6.33. The fraction of sp³-hybridized carbons (Fsp3) is 0.281. The van der Waals surface area contributed by atoms with Crippen LogP contribution in [0.15, 0.2) is 66.2 Å². The maximum absolute atomic E-state index is 12.4. The summed E-state index contributed by atoms with van der Waals surface area (Å²) in [6.07, 6.45) is 5.41. The summed E-state index contributed by atoms with van der Waals surface area (Å²) < 4.78 is 12.4. The topological polar surface area (TPSA) is 40.5 Å². The van der Waals surface area contributed by atoms with Gasteiger partial charge in [0.15, 0.2) is 0 Å². The maximum atomic E-state index is 12.4. The number of aryl methyl sites for hydroxylation is 2. The van der Waals surface area contributed by atoms with Crippen molar-refractivity contribution in [1.29, 1.82) is 0 Å². The third-order valence-corrected chi connectivity index (χ3v) is 7.85. The Bertz CT molecular complexity index is 1380. The molecule has 0 aromatic heterocycles. The fourth-order valence-electron chi connectivity index (χ4n) is 5.44. The van der Waals surface area contributed by atoms with Gasteiger partial charge in [-0.1, -0.05) is 66.2 Å². The number of nitrogens with zero attached hydrogens (tertiary/aromatic N) is 1. The predicted octanol–water partition coefficient (Wildman–Crippen LogP) is 7.70. The lowest BCUT2D eigenvalue weighted by Gasteiger charge is -2.33. The average molecular weight is 516 g/mol. The predicted molar refractivity (Wildman–Crippen MR) is 150 cm³/mol. The number of rotatable bonds is 7. The zero-order valence-electron chi connectivity index (χ0n) is 21.1. The molecule has 0 atom stereocenters. The Hall–Kier alpha value is -3.21. The highest BCUT2D eigenvalue weighted by atomic mass is 35.5. The molecule has 2 aliphatic rings. The summed E-state index contributed by atoms with van der Waals surface area (Å²) in [5, 5.41) is 10.3. The number of carboxylic acids is 1. The smallest absolute Gasteiger partial charge is 0.335 e. The molecule has 1 saturated heterocycles. The SMILES string of the molecule is Cc1cccc(C2=C(c3ccc(C=C4CN(CCCF)C4)cc3)c3ccc(C(=O)O)cc3CCC2)c1Cl. The Kier molecular flexibility index (Phi) is 7.59. The summed E-state index contributed by atoms with van der Waals surface area (Å²) in [4.78, 5) is 13.9. The van der Waals surface area contributed by atoms with Crippen LogP contribution in [0.5, 0.6) is 0 Å². The summed E-state index contributed by atoms with van der Waals surface area (Å²) >= 11 is 6.83. The Morgan fingerprint density at radius 2 is 1.84 bits per heavy atom. The normalized spacial score (nSPS) is 15.7. The van der Waals surface area contributed by atoms with Gasteiger partial charge in [-0.25, -0.2) is 4.79 Å². The van der Waals surface area contributed by atoms with Crippen LogP contribution in [-0.2, 0) is 6.42 Å². The summed E-state index contributed by atoms with van der Waals surface area (Å²) in [6, 6.07) is 20.2. The van der Waals surface area contributed by atoms with E-state index in [0.717, 1.165) is 82.9 Å². The molecule has 1 N–H and O–H groups in total. The van der Waals surface area contributed by atoms with Crippen LogP contribution in [0.4, 0.5) is 4.39 Å². The Morgan fingerprint density at radius 1 is 1.05 bits per heavy atom. The van der Waals surface area contributed by atoms with Crippen molar-refractivity contribution in [2.45, 2.75) is 32.6 Å². The van der Waals surface area contributed by atoms with Crippen molar-refractivity contribution in [3.63, 3.8) is 0 Å². The first-order chi connectivity index (χ1) is 17.9. The first-order valence-electron chi connectivity index (χ1n) is 12.9. The van der Waals surface area contributed by atoms with Crippen molar-refractivity contribution < 1.29 is 14.3 Å². The largest absolute Gasteiger partial charge is 0.478 e. The zero-order valence-corrected chi connectivity index (χ0v) is 21.8. The fourth-order valence-corrected chi connectivity index (χ4v) is 5.68. The molecule has 5 rings (SSSR count). The van der Waals surface area contributed by atoms with Crippen LogP contribution < -0.4 is 0 Å². The number of aromatic carboxylic acids is 1. The summed E-state index contributed by atoms with van der Waals surface area (Å²) in [6.45, 7) is 4.39. The first kappa shape index (κ1) is 25.4. The van der Waals surface area contributed by atoms with Gasteiger partial charge in [-0.05, 0) is 94.8 Å². The number of halogens is 2. The van der Waals surface area contributed by atoms with Gasteiger partial charge in [0.05, 0.1) is 17.3 Å². The van der Waals surface area contributed by atoms with Crippen molar-refractivity contribution in [2.75, 3.05) is 26.3 Å². The molecule has 3 aromatic rings. The third kappa shape index (κ3) is 5.41. The van der Waals surface area contributed by atoms with E-state index in [1.165, 1.54) is 11.1 Å². The van der Waals surface area contributed by atoms with Gasteiger partial charge in [0, 0.05) is 19.6 Å². The minimum absolute atomic E-state index is 0.261. The van der Waals surface area contributed by atoms with Crippen LogP contribution in [0.25, 0.3) is 17.2 Å². The Labute approximate surface area is 222 Å². The lowest BCUT2D eigenvalue weighted by Crippen LogP contribution is -2.40. The zero-order chi connectivity index (χ0) is 25.9. The van der Waals surface area contributed by atoms with Crippen LogP contribution in [0.3, 0.4) is 0 Å². The van der Waals surface area contributed by atoms with Gasteiger partial charge < -0.3 is 5.11 Å². The molecule has 0 radical (unpaired) electrons. The van der Waals surface area contributed by atoms with Crippen molar-refractivity contribution in [3.05, 3.63) is 110 Å². The molecule has 3 nitrogen and oxygen atoms in total. The van der Waals surface area contributed by atoms with Crippen molar-refractivity contribution in [2.24, 2.45) is 0 Å². The molecule has 0 bridgehead atoms. The van der Waals surface area contributed by atoms with Crippen molar-refractivity contribution in [3.8, 4) is 0 Å². The molecule has 0 unspecified atom stereocenters.